The van der Waals surface area contributed by atoms with Crippen LogP contribution in [-0.2, 0) is 4.79 Å². The molecule has 0 fully saturated rings. The highest BCUT2D eigenvalue weighted by atomic mass is 32.2. The van der Waals surface area contributed by atoms with Gasteiger partial charge in [0.2, 0.25) is 4.27 Å². The smallest absolute Gasteiger partial charge is 0.337 e. The van der Waals surface area contributed by atoms with Crippen LogP contribution in [0.3, 0.4) is 0 Å². The van der Waals surface area contributed by atoms with Crippen molar-refractivity contribution in [3.63, 3.8) is 0 Å². The van der Waals surface area contributed by atoms with Gasteiger partial charge < -0.3 is 14.9 Å². The van der Waals surface area contributed by atoms with Crippen molar-refractivity contribution in [3.8, 4) is 0 Å². The Morgan fingerprint density at radius 3 is 2.70 bits per heavy atom. The third-order valence-corrected chi connectivity index (χ3v) is 2.24. The van der Waals surface area contributed by atoms with Gasteiger partial charge in [-0.15, -0.1) is 12.6 Å². The van der Waals surface area contributed by atoms with E-state index in [-0.39, 0.29) is 5.57 Å². The lowest BCUT2D eigenvalue weighted by Gasteiger charge is -2.13. The zero-order valence-corrected chi connectivity index (χ0v) is 6.45. The summed E-state index contributed by atoms with van der Waals surface area (Å²) in [5.74, 6) is -1.17. The van der Waals surface area contributed by atoms with Crippen molar-refractivity contribution >= 4 is 30.5 Å². The highest BCUT2D eigenvalue weighted by Gasteiger charge is 2.37. The van der Waals surface area contributed by atoms with E-state index in [4.69, 9.17) is 10.2 Å². The third kappa shape index (κ3) is 1.23. The molecule has 56 valence electrons. The summed E-state index contributed by atoms with van der Waals surface area (Å²) in [6.45, 7) is 0. The van der Waals surface area contributed by atoms with Crippen LogP contribution in [0.5, 0.6) is 0 Å². The molecule has 10 heavy (non-hydrogen) atoms. The molecule has 0 aromatic heterocycles. The van der Waals surface area contributed by atoms with Crippen LogP contribution in [0.2, 0.25) is 0 Å². The molecule has 0 radical (unpaired) electrons. The minimum absolute atomic E-state index is 0.152. The van der Waals surface area contributed by atoms with Gasteiger partial charge in [0.05, 0.1) is 0 Å². The lowest BCUT2D eigenvalue weighted by Crippen LogP contribution is -2.21. The van der Waals surface area contributed by atoms with E-state index >= 15 is 0 Å². The van der Waals surface area contributed by atoms with Gasteiger partial charge in [-0.3, -0.25) is 0 Å². The van der Waals surface area contributed by atoms with E-state index in [2.05, 4.69) is 17.4 Å². The first-order chi connectivity index (χ1) is 4.54. The number of hydrogen-bond acceptors (Lipinski definition) is 5. The topological polar surface area (TPSA) is 69.6 Å². The number of nitrogens with one attached hydrogen (secondary N) is 1. The lowest BCUT2D eigenvalue weighted by molar-refractivity contribution is -0.133. The maximum atomic E-state index is 10.3. The molecular weight excluding hydrogens is 174 g/mol. The number of carbonyl (C=O) groups is 1. The fourth-order valence-corrected chi connectivity index (χ4v) is 1.44. The average molecular weight is 179 g/mol. The van der Waals surface area contributed by atoms with Gasteiger partial charge in [0, 0.05) is 6.20 Å². The summed E-state index contributed by atoms with van der Waals surface area (Å²) in [5.41, 5.74) is -0.152. The quantitative estimate of drug-likeness (QED) is 0.254. The SMILES string of the molecule is O=C(O)C1=CNSC1(O)S. The fraction of sp³-hybridized carbons (Fsp3) is 0.250. The first-order valence-electron chi connectivity index (χ1n) is 2.36. The van der Waals surface area contributed by atoms with E-state index in [0.717, 1.165) is 11.9 Å². The molecule has 6 heteroatoms. The minimum Gasteiger partial charge on any atom is -0.478 e. The molecule has 1 rings (SSSR count). The lowest BCUT2D eigenvalue weighted by atomic mass is 10.3. The van der Waals surface area contributed by atoms with Gasteiger partial charge in [0.15, 0.2) is 0 Å². The molecule has 1 atom stereocenters. The summed E-state index contributed by atoms with van der Waals surface area (Å²) in [6.07, 6.45) is 1.21. The van der Waals surface area contributed by atoms with Crippen LogP contribution >= 0.6 is 24.6 Å². The third-order valence-electron chi connectivity index (χ3n) is 0.986. The van der Waals surface area contributed by atoms with Crippen molar-refractivity contribution in [1.82, 2.24) is 4.72 Å². The molecule has 0 saturated carbocycles. The van der Waals surface area contributed by atoms with Gasteiger partial charge in [0.1, 0.15) is 5.57 Å². The van der Waals surface area contributed by atoms with Gasteiger partial charge >= 0.3 is 5.97 Å². The Bertz CT molecular complexity index is 201. The van der Waals surface area contributed by atoms with Crippen molar-refractivity contribution in [1.29, 1.82) is 0 Å². The molecule has 0 aromatic carbocycles. The second-order valence-corrected chi connectivity index (χ2v) is 3.67. The predicted molar refractivity (Wildman–Crippen MR) is 40.4 cm³/mol. The summed E-state index contributed by atoms with van der Waals surface area (Å²) in [6, 6.07) is 0. The van der Waals surface area contributed by atoms with E-state index in [1.807, 2.05) is 0 Å². The number of carboxylic acid groups (broad SMARTS) is 1. The number of aliphatic carboxylic acids is 1. The van der Waals surface area contributed by atoms with Crippen LogP contribution in [0.25, 0.3) is 0 Å². The molecule has 1 unspecified atom stereocenters. The minimum atomic E-state index is -1.61. The normalized spacial score (nSPS) is 31.2. The molecule has 3 N–H and O–H groups in total. The van der Waals surface area contributed by atoms with Crippen LogP contribution < -0.4 is 4.72 Å². The van der Waals surface area contributed by atoms with Crippen molar-refractivity contribution in [3.05, 3.63) is 11.8 Å². The van der Waals surface area contributed by atoms with E-state index in [9.17, 15) is 4.79 Å². The van der Waals surface area contributed by atoms with E-state index in [1.165, 1.54) is 6.20 Å². The molecular formula is C4H5NO3S2. The summed E-state index contributed by atoms with van der Waals surface area (Å²) < 4.78 is 0.886. The first kappa shape index (κ1) is 7.77. The molecule has 1 aliphatic heterocycles. The van der Waals surface area contributed by atoms with E-state index in [0.29, 0.717) is 0 Å². The summed E-state index contributed by atoms with van der Waals surface area (Å²) >= 11 is 4.52. The number of carboxylic acids is 1. The zero-order chi connectivity index (χ0) is 7.78. The van der Waals surface area contributed by atoms with Gasteiger partial charge in [-0.2, -0.15) is 0 Å². The zero-order valence-electron chi connectivity index (χ0n) is 4.74. The van der Waals surface area contributed by atoms with Crippen LogP contribution in [-0.4, -0.2) is 20.4 Å². The monoisotopic (exact) mass is 179 g/mol. The van der Waals surface area contributed by atoms with Crippen LogP contribution in [0.15, 0.2) is 11.8 Å². The second-order valence-electron chi connectivity index (χ2n) is 1.69. The Morgan fingerprint density at radius 1 is 1.90 bits per heavy atom. The van der Waals surface area contributed by atoms with Crippen molar-refractivity contribution in [2.45, 2.75) is 4.27 Å². The first-order valence-corrected chi connectivity index (χ1v) is 3.62. The number of hydrogen-bond donors (Lipinski definition) is 4. The van der Waals surface area contributed by atoms with Crippen molar-refractivity contribution in [2.24, 2.45) is 0 Å². The Balaban J connectivity index is 2.85. The van der Waals surface area contributed by atoms with Crippen LogP contribution in [0.4, 0.5) is 0 Å². The number of thiol groups is 1. The Morgan fingerprint density at radius 2 is 2.50 bits per heavy atom. The maximum absolute atomic E-state index is 10.3. The Labute approximate surface area is 66.9 Å². The molecule has 0 amide bonds. The predicted octanol–water partition coefficient (Wildman–Crippen LogP) is -0.218. The van der Waals surface area contributed by atoms with Gasteiger partial charge in [-0.05, 0) is 11.9 Å². The molecule has 1 heterocycles. The van der Waals surface area contributed by atoms with Gasteiger partial charge in [-0.25, -0.2) is 4.79 Å². The van der Waals surface area contributed by atoms with Crippen LogP contribution in [0, 0.1) is 0 Å². The standard InChI is InChI=1S/C4H5NO3S2/c6-3(7)2-1-5-10-4(2,8)9/h1,5,8-9H,(H,6,7). The summed E-state index contributed by atoms with van der Waals surface area (Å²) in [5, 5.41) is 17.6. The molecule has 0 aromatic rings. The van der Waals surface area contributed by atoms with Crippen molar-refractivity contribution in [2.75, 3.05) is 0 Å². The van der Waals surface area contributed by atoms with Crippen molar-refractivity contribution < 1.29 is 15.0 Å². The molecule has 0 bridgehead atoms. The van der Waals surface area contributed by atoms with E-state index < -0.39 is 10.2 Å². The molecule has 0 saturated heterocycles. The van der Waals surface area contributed by atoms with Gasteiger partial charge in [-0.1, -0.05) is 0 Å². The largest absolute Gasteiger partial charge is 0.478 e. The Hall–Kier alpha value is -0.330. The fourth-order valence-electron chi connectivity index (χ4n) is 0.521. The number of aliphatic hydroxyl groups is 1. The average Bonchev–Trinajstić information content (AvgIpc) is 2.08. The molecule has 1 aliphatic rings. The highest BCUT2D eigenvalue weighted by molar-refractivity contribution is 8.10. The van der Waals surface area contributed by atoms with Crippen LogP contribution in [0.1, 0.15) is 0 Å². The summed E-state index contributed by atoms with van der Waals surface area (Å²) in [4.78, 5) is 10.3. The van der Waals surface area contributed by atoms with Gasteiger partial charge in [0.25, 0.3) is 0 Å². The highest BCUT2D eigenvalue weighted by Crippen LogP contribution is 2.36. The second kappa shape index (κ2) is 2.37. The maximum Gasteiger partial charge on any atom is 0.337 e. The Kier molecular flexibility index (Phi) is 1.84. The summed E-state index contributed by atoms with van der Waals surface area (Å²) in [7, 11) is 0. The molecule has 0 aliphatic carbocycles. The van der Waals surface area contributed by atoms with E-state index in [1.54, 1.807) is 0 Å². The molecule has 4 nitrogen and oxygen atoms in total. The number of rotatable bonds is 1. The molecule has 0 spiro atoms.